The number of rotatable bonds is 6. The highest BCUT2D eigenvalue weighted by atomic mass is 16.3. The van der Waals surface area contributed by atoms with Gasteiger partial charge < -0.3 is 10.8 Å². The van der Waals surface area contributed by atoms with E-state index in [9.17, 15) is 5.11 Å². The van der Waals surface area contributed by atoms with E-state index in [0.717, 1.165) is 24.2 Å². The van der Waals surface area contributed by atoms with Crippen LogP contribution in [0.25, 0.3) is 0 Å². The molecule has 0 saturated carbocycles. The molecule has 0 aromatic carbocycles. The molecular weight excluding hydrogens is 216 g/mol. The summed E-state index contributed by atoms with van der Waals surface area (Å²) in [5, 5.41) is 18.0. The Morgan fingerprint density at radius 3 is 2.53 bits per heavy atom. The van der Waals surface area contributed by atoms with Crippen molar-refractivity contribution in [3.63, 3.8) is 0 Å². The summed E-state index contributed by atoms with van der Waals surface area (Å²) in [6, 6.07) is 0. The van der Waals surface area contributed by atoms with Crippen LogP contribution in [0.1, 0.15) is 45.5 Å². The zero-order valence-corrected chi connectivity index (χ0v) is 11.3. The van der Waals surface area contributed by atoms with Gasteiger partial charge in [0.05, 0.1) is 23.5 Å². The maximum atomic E-state index is 9.84. The van der Waals surface area contributed by atoms with Crippen LogP contribution in [0.5, 0.6) is 0 Å². The number of hydrogen-bond donors (Lipinski definition) is 2. The van der Waals surface area contributed by atoms with E-state index in [2.05, 4.69) is 24.2 Å². The number of nitrogens with two attached hydrogens (primary N) is 1. The summed E-state index contributed by atoms with van der Waals surface area (Å²) in [5.74, 6) is 0.631. The van der Waals surface area contributed by atoms with Crippen molar-refractivity contribution in [1.29, 1.82) is 0 Å². The molecule has 0 bridgehead atoms. The largest absolute Gasteiger partial charge is 0.389 e. The molecular formula is C12H24N4O. The lowest BCUT2D eigenvalue weighted by Gasteiger charge is -2.18. The normalized spacial score (nSPS) is 12.4. The van der Waals surface area contributed by atoms with Gasteiger partial charge >= 0.3 is 0 Å². The molecule has 1 aromatic heterocycles. The predicted molar refractivity (Wildman–Crippen MR) is 67.4 cm³/mol. The average Bonchev–Trinajstić information content (AvgIpc) is 2.54. The summed E-state index contributed by atoms with van der Waals surface area (Å²) in [7, 11) is 0. The Morgan fingerprint density at radius 2 is 2.06 bits per heavy atom. The van der Waals surface area contributed by atoms with Crippen LogP contribution >= 0.6 is 0 Å². The first kappa shape index (κ1) is 14.1. The van der Waals surface area contributed by atoms with E-state index in [1.54, 1.807) is 18.5 Å². The van der Waals surface area contributed by atoms with Crippen LogP contribution in [-0.2, 0) is 19.5 Å². The fraction of sp³-hybridized carbons (Fsp3) is 0.833. The summed E-state index contributed by atoms with van der Waals surface area (Å²) < 4.78 is 1.78. The Bertz CT molecular complexity index is 352. The van der Waals surface area contributed by atoms with Gasteiger partial charge in [-0.2, -0.15) is 0 Å². The van der Waals surface area contributed by atoms with Crippen LogP contribution in [0, 0.1) is 5.92 Å². The van der Waals surface area contributed by atoms with Gasteiger partial charge in [-0.25, -0.2) is 4.68 Å². The molecule has 0 atom stereocenters. The van der Waals surface area contributed by atoms with E-state index in [-0.39, 0.29) is 0 Å². The van der Waals surface area contributed by atoms with Gasteiger partial charge in [0, 0.05) is 6.54 Å². The molecule has 5 nitrogen and oxygen atoms in total. The zero-order valence-electron chi connectivity index (χ0n) is 11.3. The Kier molecular flexibility index (Phi) is 4.65. The SMILES string of the molecule is CC(C)CCc1c(CN)nnn1CC(C)(C)O. The van der Waals surface area contributed by atoms with Crippen LogP contribution in [0.4, 0.5) is 0 Å². The first-order chi connectivity index (χ1) is 7.83. The number of aromatic nitrogens is 3. The van der Waals surface area contributed by atoms with Crippen LogP contribution in [0.2, 0.25) is 0 Å². The van der Waals surface area contributed by atoms with Crippen LogP contribution in [0.3, 0.4) is 0 Å². The Labute approximate surface area is 103 Å². The van der Waals surface area contributed by atoms with Crippen molar-refractivity contribution in [3.8, 4) is 0 Å². The van der Waals surface area contributed by atoms with Crippen molar-refractivity contribution in [2.75, 3.05) is 0 Å². The summed E-state index contributed by atoms with van der Waals surface area (Å²) >= 11 is 0. The molecule has 98 valence electrons. The summed E-state index contributed by atoms with van der Waals surface area (Å²) in [4.78, 5) is 0. The van der Waals surface area contributed by atoms with Gasteiger partial charge in [-0.05, 0) is 32.6 Å². The maximum absolute atomic E-state index is 9.84. The van der Waals surface area contributed by atoms with Crippen molar-refractivity contribution >= 4 is 0 Å². The molecule has 5 heteroatoms. The lowest BCUT2D eigenvalue weighted by molar-refractivity contribution is 0.0561. The summed E-state index contributed by atoms with van der Waals surface area (Å²) in [6.07, 6.45) is 1.99. The molecule has 0 radical (unpaired) electrons. The van der Waals surface area contributed by atoms with Crippen LogP contribution < -0.4 is 5.73 Å². The first-order valence-corrected chi connectivity index (χ1v) is 6.17. The van der Waals surface area contributed by atoms with Crippen molar-refractivity contribution in [1.82, 2.24) is 15.0 Å². The van der Waals surface area contributed by atoms with Gasteiger partial charge in [0.15, 0.2) is 0 Å². The average molecular weight is 240 g/mol. The standard InChI is InChI=1S/C12H24N4O/c1-9(2)5-6-11-10(7-13)14-15-16(11)8-12(3,4)17/h9,17H,5-8,13H2,1-4H3. The van der Waals surface area contributed by atoms with Gasteiger partial charge in [-0.3, -0.25) is 0 Å². The zero-order chi connectivity index (χ0) is 13.1. The van der Waals surface area contributed by atoms with E-state index in [4.69, 9.17) is 5.73 Å². The highest BCUT2D eigenvalue weighted by molar-refractivity contribution is 5.10. The van der Waals surface area contributed by atoms with Crippen molar-refractivity contribution in [2.24, 2.45) is 11.7 Å². The van der Waals surface area contributed by atoms with Gasteiger partial charge in [-0.15, -0.1) is 5.10 Å². The van der Waals surface area contributed by atoms with Crippen LogP contribution in [-0.4, -0.2) is 25.7 Å². The Hall–Kier alpha value is -0.940. The molecule has 3 N–H and O–H groups in total. The van der Waals surface area contributed by atoms with Gasteiger partial charge in [-0.1, -0.05) is 19.1 Å². The van der Waals surface area contributed by atoms with Crippen molar-refractivity contribution < 1.29 is 5.11 Å². The minimum Gasteiger partial charge on any atom is -0.389 e. The molecule has 0 aliphatic carbocycles. The van der Waals surface area contributed by atoms with Gasteiger partial charge in [0.1, 0.15) is 0 Å². The smallest absolute Gasteiger partial charge is 0.0994 e. The van der Waals surface area contributed by atoms with Crippen LogP contribution in [0.15, 0.2) is 0 Å². The minimum atomic E-state index is -0.786. The Morgan fingerprint density at radius 1 is 1.41 bits per heavy atom. The molecule has 0 saturated heterocycles. The van der Waals surface area contributed by atoms with Crippen molar-refractivity contribution in [3.05, 3.63) is 11.4 Å². The number of nitrogens with zero attached hydrogens (tertiary/aromatic N) is 3. The van der Waals surface area contributed by atoms with E-state index in [1.165, 1.54) is 0 Å². The molecule has 1 rings (SSSR count). The molecule has 17 heavy (non-hydrogen) atoms. The fourth-order valence-electron chi connectivity index (χ4n) is 1.72. The molecule has 1 heterocycles. The van der Waals surface area contributed by atoms with Gasteiger partial charge in [0.25, 0.3) is 0 Å². The molecule has 0 unspecified atom stereocenters. The summed E-state index contributed by atoms with van der Waals surface area (Å²) in [6.45, 7) is 8.76. The van der Waals surface area contributed by atoms with E-state index in [1.807, 2.05) is 0 Å². The number of hydrogen-bond acceptors (Lipinski definition) is 4. The maximum Gasteiger partial charge on any atom is 0.0994 e. The molecule has 0 aliphatic heterocycles. The molecule has 0 aliphatic rings. The minimum absolute atomic E-state index is 0.402. The Balaban J connectivity index is 2.85. The highest BCUT2D eigenvalue weighted by Gasteiger charge is 2.19. The summed E-state index contributed by atoms with van der Waals surface area (Å²) in [5.41, 5.74) is 6.77. The monoisotopic (exact) mass is 240 g/mol. The quantitative estimate of drug-likeness (QED) is 0.780. The lowest BCUT2D eigenvalue weighted by Crippen LogP contribution is -2.28. The molecule has 0 fully saturated rings. The topological polar surface area (TPSA) is 77.0 Å². The second-order valence-corrected chi connectivity index (χ2v) is 5.59. The molecule has 0 spiro atoms. The second kappa shape index (κ2) is 5.60. The van der Waals surface area contributed by atoms with E-state index >= 15 is 0 Å². The molecule has 0 amide bonds. The third kappa shape index (κ3) is 4.44. The third-order valence-electron chi connectivity index (χ3n) is 2.61. The lowest BCUT2D eigenvalue weighted by atomic mass is 10.0. The van der Waals surface area contributed by atoms with Gasteiger partial charge in [0.2, 0.25) is 0 Å². The third-order valence-corrected chi connectivity index (χ3v) is 2.61. The number of aliphatic hydroxyl groups is 1. The fourth-order valence-corrected chi connectivity index (χ4v) is 1.72. The predicted octanol–water partition coefficient (Wildman–Crippen LogP) is 1.10. The molecule has 1 aromatic rings. The highest BCUT2D eigenvalue weighted by Crippen LogP contribution is 2.14. The van der Waals surface area contributed by atoms with E-state index in [0.29, 0.717) is 19.0 Å². The van der Waals surface area contributed by atoms with E-state index < -0.39 is 5.60 Å². The first-order valence-electron chi connectivity index (χ1n) is 6.17. The second-order valence-electron chi connectivity index (χ2n) is 5.59. The van der Waals surface area contributed by atoms with Crippen molar-refractivity contribution in [2.45, 2.75) is 59.2 Å².